The van der Waals surface area contributed by atoms with Crippen LogP contribution in [-0.2, 0) is 20.4 Å². The molecule has 5 rings (SSSR count). The number of halogens is 5. The van der Waals surface area contributed by atoms with Crippen LogP contribution in [0.15, 0.2) is 18.2 Å². The number of carbonyl (C=O) groups is 1. The summed E-state index contributed by atoms with van der Waals surface area (Å²) in [5.41, 5.74) is -2.11. The van der Waals surface area contributed by atoms with Crippen molar-refractivity contribution in [2.24, 2.45) is 5.41 Å². The van der Waals surface area contributed by atoms with E-state index in [1.54, 1.807) is 16.9 Å². The summed E-state index contributed by atoms with van der Waals surface area (Å²) in [6.45, 7) is 1.71. The molecule has 0 spiro atoms. The van der Waals surface area contributed by atoms with Gasteiger partial charge in [-0.15, -0.1) is 0 Å². The molecular formula is C25H33F5N4O3. The largest absolute Gasteiger partial charge is 0.433 e. The molecule has 4 heterocycles. The highest BCUT2D eigenvalue weighted by Crippen LogP contribution is 2.47. The topological polar surface area (TPSA) is 66.9 Å². The van der Waals surface area contributed by atoms with Crippen molar-refractivity contribution >= 4 is 11.7 Å². The average Bonchev–Trinajstić information content (AvgIpc) is 3.58. The van der Waals surface area contributed by atoms with Gasteiger partial charge in [-0.25, -0.2) is 13.8 Å². The average molecular weight is 533 g/mol. The second-order valence-electron chi connectivity index (χ2n) is 10.8. The van der Waals surface area contributed by atoms with Gasteiger partial charge in [0.2, 0.25) is 12.3 Å². The summed E-state index contributed by atoms with van der Waals surface area (Å²) in [5.74, 6) is -0.0254. The summed E-state index contributed by atoms with van der Waals surface area (Å²) < 4.78 is 77.9. The van der Waals surface area contributed by atoms with Gasteiger partial charge in [0.25, 0.3) is 0 Å². The van der Waals surface area contributed by atoms with Crippen LogP contribution in [0.25, 0.3) is 0 Å². The van der Waals surface area contributed by atoms with Crippen LogP contribution in [-0.4, -0.2) is 85.9 Å². The minimum Gasteiger partial charge on any atom is -0.379 e. The first-order valence-corrected chi connectivity index (χ1v) is 12.9. The Morgan fingerprint density at radius 2 is 2.08 bits per heavy atom. The van der Waals surface area contributed by atoms with Crippen LogP contribution in [0.2, 0.25) is 0 Å². The number of alkyl halides is 5. The molecule has 4 aliphatic rings. The highest BCUT2D eigenvalue weighted by atomic mass is 19.4. The molecule has 1 amide bonds. The van der Waals surface area contributed by atoms with Gasteiger partial charge < -0.3 is 24.6 Å². The van der Waals surface area contributed by atoms with E-state index < -0.39 is 30.1 Å². The second-order valence-corrected chi connectivity index (χ2v) is 10.8. The number of nitrogens with one attached hydrogen (secondary N) is 1. The summed E-state index contributed by atoms with van der Waals surface area (Å²) in [6, 6.07) is 3.35. The molecule has 0 aromatic carbocycles. The monoisotopic (exact) mass is 532 g/mol. The zero-order valence-corrected chi connectivity index (χ0v) is 20.7. The van der Waals surface area contributed by atoms with Crippen molar-refractivity contribution in [2.75, 3.05) is 38.3 Å². The minimum absolute atomic E-state index is 0.0394. The van der Waals surface area contributed by atoms with Crippen molar-refractivity contribution in [2.45, 2.75) is 81.4 Å². The first-order valence-electron chi connectivity index (χ1n) is 12.9. The summed E-state index contributed by atoms with van der Waals surface area (Å²) in [6.07, 6.45) is -5.10. The van der Waals surface area contributed by atoms with Crippen molar-refractivity contribution in [1.29, 1.82) is 0 Å². The summed E-state index contributed by atoms with van der Waals surface area (Å²) in [7, 11) is 1.62. The highest BCUT2D eigenvalue weighted by molar-refractivity contribution is 5.84. The number of likely N-dealkylation sites (tertiary alicyclic amines) is 1. The van der Waals surface area contributed by atoms with Gasteiger partial charge >= 0.3 is 6.18 Å². The van der Waals surface area contributed by atoms with Gasteiger partial charge in [0.15, 0.2) is 0 Å². The molecule has 1 aliphatic carbocycles. The standard InChI is InChI=1S/C25H33F5N4O3/c1-36-19-14-37-8-6-18(19)31-15-5-7-24(10-15,11-21(26)27)23(35)34-13-16-9-17(34)12-33(16)22-4-2-3-20(32-22)25(28,29)30/h2-4,15-19,21,31H,5-14H2,1H3/t15-,16-,17-,18-,19+,24-/m0/s1. The van der Waals surface area contributed by atoms with Gasteiger partial charge in [0.05, 0.1) is 30.2 Å². The molecule has 206 valence electrons. The molecule has 1 aromatic heterocycles. The summed E-state index contributed by atoms with van der Waals surface area (Å²) in [5, 5.41) is 3.54. The Morgan fingerprint density at radius 3 is 2.76 bits per heavy atom. The second kappa shape index (κ2) is 10.3. The number of ether oxygens (including phenoxy) is 2. The number of methoxy groups -OCH3 is 1. The van der Waals surface area contributed by atoms with Crippen molar-refractivity contribution in [3.63, 3.8) is 0 Å². The number of aromatic nitrogens is 1. The van der Waals surface area contributed by atoms with E-state index in [0.29, 0.717) is 52.0 Å². The SMILES string of the molecule is CO[C@@H]1COCC[C@@H]1N[C@H]1CC[C@](CC(F)F)(C(=O)N2C[C@@H]3C[C@H]2CN3c2cccc(C(F)(F)F)n2)C1. The van der Waals surface area contributed by atoms with Crippen LogP contribution in [0.1, 0.15) is 44.2 Å². The Kier molecular flexibility index (Phi) is 7.36. The molecule has 3 aliphatic heterocycles. The Bertz CT molecular complexity index is 982. The number of fused-ring (bicyclic) bond motifs is 2. The molecule has 1 N–H and O–H groups in total. The first kappa shape index (κ1) is 26.6. The smallest absolute Gasteiger partial charge is 0.379 e. The Labute approximate surface area is 212 Å². The lowest BCUT2D eigenvalue weighted by Crippen LogP contribution is -2.54. The number of amides is 1. The number of piperazine rings is 1. The van der Waals surface area contributed by atoms with Crippen molar-refractivity contribution in [3.8, 4) is 0 Å². The molecule has 2 bridgehead atoms. The maximum absolute atomic E-state index is 13.8. The highest BCUT2D eigenvalue weighted by Gasteiger charge is 2.54. The van der Waals surface area contributed by atoms with Gasteiger partial charge in [-0.3, -0.25) is 4.79 Å². The Morgan fingerprint density at radius 1 is 1.27 bits per heavy atom. The van der Waals surface area contributed by atoms with Crippen LogP contribution < -0.4 is 10.2 Å². The normalized spacial score (nSPS) is 34.1. The van der Waals surface area contributed by atoms with Crippen molar-refractivity contribution in [1.82, 2.24) is 15.2 Å². The molecule has 37 heavy (non-hydrogen) atoms. The number of rotatable bonds is 7. The van der Waals surface area contributed by atoms with Gasteiger partial charge in [-0.2, -0.15) is 13.2 Å². The molecule has 1 saturated carbocycles. The Balaban J connectivity index is 1.27. The van der Waals surface area contributed by atoms with E-state index in [9.17, 15) is 26.7 Å². The van der Waals surface area contributed by atoms with Crippen molar-refractivity contribution in [3.05, 3.63) is 23.9 Å². The molecule has 0 unspecified atom stereocenters. The molecule has 0 radical (unpaired) electrons. The molecule has 3 saturated heterocycles. The molecular weight excluding hydrogens is 499 g/mol. The third-order valence-electron chi connectivity index (χ3n) is 8.48. The van der Waals surface area contributed by atoms with Crippen LogP contribution in [0, 0.1) is 5.41 Å². The van der Waals surface area contributed by atoms with Crippen LogP contribution in [0.4, 0.5) is 27.8 Å². The lowest BCUT2D eigenvalue weighted by Gasteiger charge is -2.40. The zero-order valence-electron chi connectivity index (χ0n) is 20.7. The fourth-order valence-electron chi connectivity index (χ4n) is 6.71. The van der Waals surface area contributed by atoms with Gasteiger partial charge in [-0.1, -0.05) is 6.07 Å². The van der Waals surface area contributed by atoms with Gasteiger partial charge in [0.1, 0.15) is 11.5 Å². The van der Waals surface area contributed by atoms with Gasteiger partial charge in [-0.05, 0) is 44.2 Å². The van der Waals surface area contributed by atoms with E-state index in [0.717, 1.165) is 12.5 Å². The Hall–Kier alpha value is -2.05. The van der Waals surface area contributed by atoms with Crippen LogP contribution in [0.5, 0.6) is 0 Å². The lowest BCUT2D eigenvalue weighted by atomic mass is 9.80. The van der Waals surface area contributed by atoms with E-state index in [2.05, 4.69) is 10.3 Å². The molecule has 7 nitrogen and oxygen atoms in total. The molecule has 1 aromatic rings. The van der Waals surface area contributed by atoms with E-state index >= 15 is 0 Å². The number of nitrogens with zero attached hydrogens (tertiary/aromatic N) is 3. The predicted octanol–water partition coefficient (Wildman–Crippen LogP) is 3.48. The zero-order chi connectivity index (χ0) is 26.4. The third-order valence-corrected chi connectivity index (χ3v) is 8.48. The van der Waals surface area contributed by atoms with Crippen molar-refractivity contribution < 1.29 is 36.2 Å². The van der Waals surface area contributed by atoms with Crippen LogP contribution in [0.3, 0.4) is 0 Å². The first-order chi connectivity index (χ1) is 17.6. The fourth-order valence-corrected chi connectivity index (χ4v) is 6.71. The quantitative estimate of drug-likeness (QED) is 0.543. The number of hydrogen-bond donors (Lipinski definition) is 1. The predicted molar refractivity (Wildman–Crippen MR) is 124 cm³/mol. The van der Waals surface area contributed by atoms with Crippen LogP contribution >= 0.6 is 0 Å². The lowest BCUT2D eigenvalue weighted by molar-refractivity contribution is -0.146. The molecule has 4 fully saturated rings. The minimum atomic E-state index is -4.54. The van der Waals surface area contributed by atoms with E-state index in [1.165, 1.54) is 12.1 Å². The molecule has 6 atom stereocenters. The number of pyridine rings is 1. The van der Waals surface area contributed by atoms with Gasteiger partial charge in [0, 0.05) is 45.3 Å². The summed E-state index contributed by atoms with van der Waals surface area (Å²) in [4.78, 5) is 21.1. The third kappa shape index (κ3) is 5.29. The summed E-state index contributed by atoms with van der Waals surface area (Å²) >= 11 is 0. The maximum Gasteiger partial charge on any atom is 0.433 e. The number of anilines is 1. The van der Waals surface area contributed by atoms with E-state index in [-0.39, 0.29) is 42.0 Å². The molecule has 12 heteroatoms. The number of carbonyl (C=O) groups excluding carboxylic acids is 1. The van der Waals surface area contributed by atoms with E-state index in [4.69, 9.17) is 9.47 Å². The van der Waals surface area contributed by atoms with E-state index in [1.807, 2.05) is 0 Å². The maximum atomic E-state index is 13.8. The number of hydrogen-bond acceptors (Lipinski definition) is 6. The fraction of sp³-hybridized carbons (Fsp3) is 0.760.